The Hall–Kier alpha value is -1.89. The van der Waals surface area contributed by atoms with E-state index in [2.05, 4.69) is 5.92 Å². The molecule has 1 unspecified atom stereocenters. The fourth-order valence-electron chi connectivity index (χ4n) is 1.72. The minimum Gasteiger partial charge on any atom is -0.311 e. The van der Waals surface area contributed by atoms with Crippen molar-refractivity contribution < 1.29 is 13.6 Å². The summed E-state index contributed by atoms with van der Waals surface area (Å²) in [6.07, 6.45) is 5.49. The molecule has 0 spiro atoms. The van der Waals surface area contributed by atoms with Gasteiger partial charge in [-0.15, -0.1) is 12.3 Å². The molecule has 1 atom stereocenters. The van der Waals surface area contributed by atoms with Crippen molar-refractivity contribution in [1.29, 1.82) is 0 Å². The monoisotopic (exact) mass is 221 g/mol. The van der Waals surface area contributed by atoms with Gasteiger partial charge in [0, 0.05) is 30.6 Å². The molecule has 1 aromatic rings. The first-order valence-corrected chi connectivity index (χ1v) is 4.83. The van der Waals surface area contributed by atoms with Crippen molar-refractivity contribution in [2.45, 2.75) is 6.42 Å². The van der Waals surface area contributed by atoms with E-state index in [9.17, 15) is 13.6 Å². The van der Waals surface area contributed by atoms with Crippen molar-refractivity contribution in [3.05, 3.63) is 29.8 Å². The summed E-state index contributed by atoms with van der Waals surface area (Å²) in [6.45, 7) is 0.362. The summed E-state index contributed by atoms with van der Waals surface area (Å²) >= 11 is 0. The Labute approximate surface area is 91.9 Å². The van der Waals surface area contributed by atoms with Crippen LogP contribution in [0, 0.1) is 29.9 Å². The molecule has 82 valence electrons. The van der Waals surface area contributed by atoms with E-state index in [1.807, 2.05) is 0 Å². The van der Waals surface area contributed by atoms with Gasteiger partial charge in [0.2, 0.25) is 5.91 Å². The number of carbonyl (C=O) groups excluding carboxylic acids is 1. The van der Waals surface area contributed by atoms with Crippen molar-refractivity contribution >= 4 is 11.6 Å². The van der Waals surface area contributed by atoms with Crippen LogP contribution in [0.3, 0.4) is 0 Å². The molecule has 2 rings (SSSR count). The van der Waals surface area contributed by atoms with Crippen LogP contribution in [-0.2, 0) is 4.79 Å². The van der Waals surface area contributed by atoms with E-state index in [1.165, 1.54) is 11.0 Å². The summed E-state index contributed by atoms with van der Waals surface area (Å²) in [5.74, 6) is 0.289. The molecule has 0 saturated carbocycles. The molecule has 1 aliphatic heterocycles. The number of anilines is 1. The third-order valence-electron chi connectivity index (χ3n) is 2.58. The molecule has 4 heteroatoms. The third-order valence-corrected chi connectivity index (χ3v) is 2.58. The molecule has 2 nitrogen and oxygen atoms in total. The second-order valence-electron chi connectivity index (χ2n) is 3.67. The van der Waals surface area contributed by atoms with E-state index >= 15 is 0 Å². The Morgan fingerprint density at radius 3 is 2.69 bits per heavy atom. The zero-order valence-corrected chi connectivity index (χ0v) is 8.41. The molecule has 16 heavy (non-hydrogen) atoms. The number of nitrogens with zero attached hydrogens (tertiary/aromatic N) is 1. The zero-order valence-electron chi connectivity index (χ0n) is 8.41. The number of hydrogen-bond donors (Lipinski definition) is 0. The standard InChI is InChI=1S/C12H9F2NO/c1-2-8-5-12(16)15(7-8)9-3-4-10(13)11(14)6-9/h1,3-4,6,8H,5,7H2. The average Bonchev–Trinajstić information content (AvgIpc) is 2.64. The molecule has 0 aromatic heterocycles. The quantitative estimate of drug-likeness (QED) is 0.664. The van der Waals surface area contributed by atoms with Crippen LogP contribution in [0.4, 0.5) is 14.5 Å². The summed E-state index contributed by atoms with van der Waals surface area (Å²) in [7, 11) is 0. The van der Waals surface area contributed by atoms with Gasteiger partial charge in [0.25, 0.3) is 0 Å². The van der Waals surface area contributed by atoms with E-state index in [0.29, 0.717) is 12.2 Å². The third kappa shape index (κ3) is 1.76. The van der Waals surface area contributed by atoms with Gasteiger partial charge in [0.1, 0.15) is 0 Å². The largest absolute Gasteiger partial charge is 0.311 e. The molecule has 1 aromatic carbocycles. The van der Waals surface area contributed by atoms with Crippen molar-refractivity contribution in [3.8, 4) is 12.3 Å². The van der Waals surface area contributed by atoms with Crippen LogP contribution in [0.1, 0.15) is 6.42 Å². The molecule has 1 heterocycles. The van der Waals surface area contributed by atoms with Crippen LogP contribution in [0.15, 0.2) is 18.2 Å². The topological polar surface area (TPSA) is 20.3 Å². The highest BCUT2D eigenvalue weighted by atomic mass is 19.2. The second kappa shape index (κ2) is 3.93. The van der Waals surface area contributed by atoms with Crippen LogP contribution in [0.5, 0.6) is 0 Å². The maximum Gasteiger partial charge on any atom is 0.228 e. The highest BCUT2D eigenvalue weighted by Gasteiger charge is 2.29. The maximum absolute atomic E-state index is 13.0. The Balaban J connectivity index is 2.29. The summed E-state index contributed by atoms with van der Waals surface area (Å²) in [5.41, 5.74) is 0.349. The number of halogens is 2. The van der Waals surface area contributed by atoms with Gasteiger partial charge < -0.3 is 4.90 Å². The van der Waals surface area contributed by atoms with Gasteiger partial charge in [0.15, 0.2) is 11.6 Å². The number of rotatable bonds is 1. The van der Waals surface area contributed by atoms with Crippen molar-refractivity contribution in [3.63, 3.8) is 0 Å². The second-order valence-corrected chi connectivity index (χ2v) is 3.67. The number of benzene rings is 1. The van der Waals surface area contributed by atoms with Gasteiger partial charge in [0.05, 0.1) is 0 Å². The van der Waals surface area contributed by atoms with Crippen molar-refractivity contribution in [1.82, 2.24) is 0 Å². The minimum absolute atomic E-state index is 0.152. The number of carbonyl (C=O) groups is 1. The van der Waals surface area contributed by atoms with Crippen molar-refractivity contribution in [2.75, 3.05) is 11.4 Å². The number of terminal acetylenes is 1. The lowest BCUT2D eigenvalue weighted by molar-refractivity contribution is -0.117. The highest BCUT2D eigenvalue weighted by Crippen LogP contribution is 2.25. The van der Waals surface area contributed by atoms with E-state index < -0.39 is 11.6 Å². The molecule has 1 aliphatic rings. The molecule has 0 bridgehead atoms. The van der Waals surface area contributed by atoms with E-state index in [4.69, 9.17) is 6.42 Å². The molecule has 0 radical (unpaired) electrons. The lowest BCUT2D eigenvalue weighted by Crippen LogP contribution is -2.24. The first-order chi connectivity index (χ1) is 7.61. The van der Waals surface area contributed by atoms with E-state index in [1.54, 1.807) is 0 Å². The van der Waals surface area contributed by atoms with Gasteiger partial charge in [-0.2, -0.15) is 0 Å². The van der Waals surface area contributed by atoms with Crippen LogP contribution >= 0.6 is 0 Å². The number of amides is 1. The maximum atomic E-state index is 13.0. The summed E-state index contributed by atoms with van der Waals surface area (Å²) in [5, 5.41) is 0. The Kier molecular flexibility index (Phi) is 2.61. The Morgan fingerprint density at radius 1 is 1.38 bits per heavy atom. The average molecular weight is 221 g/mol. The van der Waals surface area contributed by atoms with E-state index in [0.717, 1.165) is 12.1 Å². The molecule has 1 fully saturated rings. The smallest absolute Gasteiger partial charge is 0.228 e. The Morgan fingerprint density at radius 2 is 2.12 bits per heavy atom. The minimum atomic E-state index is -0.963. The SMILES string of the molecule is C#CC1CC(=O)N(c2ccc(F)c(F)c2)C1. The molecular weight excluding hydrogens is 212 g/mol. The molecular formula is C12H9F2NO. The summed E-state index contributed by atoms with van der Waals surface area (Å²) in [6, 6.07) is 3.38. The van der Waals surface area contributed by atoms with Crippen LogP contribution < -0.4 is 4.90 Å². The fourth-order valence-corrected chi connectivity index (χ4v) is 1.72. The predicted molar refractivity (Wildman–Crippen MR) is 55.7 cm³/mol. The van der Waals surface area contributed by atoms with Crippen molar-refractivity contribution in [2.24, 2.45) is 5.92 Å². The van der Waals surface area contributed by atoms with Gasteiger partial charge in [-0.3, -0.25) is 4.79 Å². The highest BCUT2D eigenvalue weighted by molar-refractivity contribution is 5.96. The van der Waals surface area contributed by atoms with Gasteiger partial charge >= 0.3 is 0 Å². The molecule has 1 amide bonds. The molecule has 0 aliphatic carbocycles. The lowest BCUT2D eigenvalue weighted by Gasteiger charge is -2.15. The van der Waals surface area contributed by atoms with Crippen LogP contribution in [0.2, 0.25) is 0 Å². The predicted octanol–water partition coefficient (Wildman–Crippen LogP) is 1.95. The first kappa shape index (κ1) is 10.6. The first-order valence-electron chi connectivity index (χ1n) is 4.83. The fraction of sp³-hybridized carbons (Fsp3) is 0.250. The van der Waals surface area contributed by atoms with Gasteiger partial charge in [-0.1, -0.05) is 0 Å². The summed E-state index contributed by atoms with van der Waals surface area (Å²) in [4.78, 5) is 12.9. The van der Waals surface area contributed by atoms with E-state index in [-0.39, 0.29) is 18.2 Å². The Bertz CT molecular complexity index is 478. The summed E-state index contributed by atoms with van der Waals surface area (Å²) < 4.78 is 25.7. The van der Waals surface area contributed by atoms with Crippen LogP contribution in [-0.4, -0.2) is 12.5 Å². The molecule has 0 N–H and O–H groups in total. The lowest BCUT2D eigenvalue weighted by atomic mass is 10.1. The number of hydrogen-bond acceptors (Lipinski definition) is 1. The van der Waals surface area contributed by atoms with Crippen LogP contribution in [0.25, 0.3) is 0 Å². The zero-order chi connectivity index (χ0) is 11.7. The normalized spacial score (nSPS) is 19.9. The van der Waals surface area contributed by atoms with Gasteiger partial charge in [-0.25, -0.2) is 8.78 Å². The van der Waals surface area contributed by atoms with Gasteiger partial charge in [-0.05, 0) is 12.1 Å². The molecule has 1 saturated heterocycles.